The number of carbonyl (C=O) groups is 1. The van der Waals surface area contributed by atoms with Gasteiger partial charge in [0.2, 0.25) is 0 Å². The highest BCUT2D eigenvalue weighted by Crippen LogP contribution is 2.12. The molecule has 110 valence electrons. The Bertz CT molecular complexity index is 816. The number of nitro groups is 1. The van der Waals surface area contributed by atoms with Gasteiger partial charge in [-0.25, -0.2) is 10.6 Å². The number of carbonyl (C=O) groups excluding carboxylic acids is 1. The highest BCUT2D eigenvalue weighted by molar-refractivity contribution is 5.94. The van der Waals surface area contributed by atoms with E-state index < -0.39 is 27.8 Å². The Morgan fingerprint density at radius 1 is 1.52 bits per heavy atom. The fourth-order valence-corrected chi connectivity index (χ4v) is 1.64. The van der Waals surface area contributed by atoms with Gasteiger partial charge in [0.05, 0.1) is 29.5 Å². The number of amides is 1. The Labute approximate surface area is 115 Å². The van der Waals surface area contributed by atoms with Crippen molar-refractivity contribution in [2.24, 2.45) is 5.84 Å². The van der Waals surface area contributed by atoms with Gasteiger partial charge in [-0.15, -0.1) is 0 Å². The summed E-state index contributed by atoms with van der Waals surface area (Å²) >= 11 is 0. The normalized spacial score (nSPS) is 10.3. The first-order valence-electron chi connectivity index (χ1n) is 5.49. The van der Waals surface area contributed by atoms with E-state index in [-0.39, 0.29) is 17.9 Å². The molecule has 2 aromatic heterocycles. The van der Waals surface area contributed by atoms with Crippen LogP contribution >= 0.6 is 0 Å². The molecule has 0 spiro atoms. The molecule has 0 saturated heterocycles. The summed E-state index contributed by atoms with van der Waals surface area (Å²) in [5.74, 6) is 4.40. The van der Waals surface area contributed by atoms with E-state index in [2.05, 4.69) is 0 Å². The number of rotatable bonds is 4. The van der Waals surface area contributed by atoms with E-state index >= 15 is 0 Å². The van der Waals surface area contributed by atoms with Crippen LogP contribution in [0.25, 0.3) is 0 Å². The van der Waals surface area contributed by atoms with E-state index in [1.54, 1.807) is 0 Å². The lowest BCUT2D eigenvalue weighted by molar-refractivity contribution is -0.386. The third kappa shape index (κ3) is 2.71. The summed E-state index contributed by atoms with van der Waals surface area (Å²) in [5, 5.41) is 10.7. The summed E-state index contributed by atoms with van der Waals surface area (Å²) in [6, 6.07) is 1.32. The molecule has 0 fully saturated rings. The smallest absolute Gasteiger partial charge is 0.350 e. The average Bonchev–Trinajstić information content (AvgIpc) is 2.88. The van der Waals surface area contributed by atoms with Crippen molar-refractivity contribution < 1.29 is 14.1 Å². The molecule has 11 nitrogen and oxygen atoms in total. The first kappa shape index (κ1) is 14.2. The maximum atomic E-state index is 11.6. The molecule has 0 aromatic carbocycles. The van der Waals surface area contributed by atoms with Crippen molar-refractivity contribution in [1.82, 2.24) is 15.0 Å². The number of H-pyrrole nitrogens is 1. The molecular weight excluding hydrogens is 286 g/mol. The molecule has 11 heteroatoms. The number of nitrogens with zero attached hydrogens (tertiary/aromatic N) is 2. The van der Waals surface area contributed by atoms with Crippen LogP contribution in [0.3, 0.4) is 0 Å². The highest BCUT2D eigenvalue weighted by atomic mass is 16.6. The second-order valence-electron chi connectivity index (χ2n) is 3.89. The standard InChI is InChI=1S/C10H9N5O6/c11-13-8(16)5-1-2-21-7(5)4-14-3-6(15(19)20)9(17)12-10(14)18/h1-3H,4,11H2,(H,13,16)(H,12,17,18). The number of nitrogen functional groups attached to an aromatic ring is 1. The molecule has 0 unspecified atom stereocenters. The zero-order chi connectivity index (χ0) is 15.6. The van der Waals surface area contributed by atoms with Gasteiger partial charge in [-0.3, -0.25) is 34.7 Å². The Morgan fingerprint density at radius 3 is 2.86 bits per heavy atom. The van der Waals surface area contributed by atoms with Crippen LogP contribution in [-0.4, -0.2) is 20.4 Å². The molecule has 0 aliphatic rings. The minimum atomic E-state index is -1.11. The number of aromatic amines is 1. The monoisotopic (exact) mass is 295 g/mol. The van der Waals surface area contributed by atoms with E-state index in [0.717, 1.165) is 10.8 Å². The van der Waals surface area contributed by atoms with Crippen molar-refractivity contribution in [3.63, 3.8) is 0 Å². The van der Waals surface area contributed by atoms with Gasteiger partial charge in [0.1, 0.15) is 5.76 Å². The molecule has 0 aliphatic heterocycles. The van der Waals surface area contributed by atoms with Gasteiger partial charge in [-0.2, -0.15) is 0 Å². The van der Waals surface area contributed by atoms with Gasteiger partial charge in [-0.1, -0.05) is 0 Å². The molecule has 21 heavy (non-hydrogen) atoms. The molecule has 1 amide bonds. The van der Waals surface area contributed by atoms with E-state index in [1.165, 1.54) is 12.3 Å². The van der Waals surface area contributed by atoms with Crippen molar-refractivity contribution in [3.05, 3.63) is 60.8 Å². The molecule has 0 aliphatic carbocycles. The minimum absolute atomic E-state index is 0.0568. The van der Waals surface area contributed by atoms with Crippen LogP contribution < -0.4 is 22.5 Å². The van der Waals surface area contributed by atoms with E-state index in [9.17, 15) is 24.5 Å². The minimum Gasteiger partial charge on any atom is -0.467 e. The van der Waals surface area contributed by atoms with Crippen molar-refractivity contribution in [2.75, 3.05) is 0 Å². The highest BCUT2D eigenvalue weighted by Gasteiger charge is 2.18. The van der Waals surface area contributed by atoms with Crippen LogP contribution in [0, 0.1) is 10.1 Å². The van der Waals surface area contributed by atoms with Gasteiger partial charge >= 0.3 is 16.9 Å². The van der Waals surface area contributed by atoms with E-state index in [0.29, 0.717) is 0 Å². The largest absolute Gasteiger partial charge is 0.467 e. The quantitative estimate of drug-likeness (QED) is 0.272. The summed E-state index contributed by atoms with van der Waals surface area (Å²) < 4.78 is 5.88. The predicted octanol–water partition coefficient (Wildman–Crippen LogP) is -1.31. The molecule has 2 rings (SSSR count). The van der Waals surface area contributed by atoms with Crippen LogP contribution in [0.2, 0.25) is 0 Å². The van der Waals surface area contributed by atoms with Crippen molar-refractivity contribution in [1.29, 1.82) is 0 Å². The molecule has 0 saturated carbocycles. The van der Waals surface area contributed by atoms with Gasteiger partial charge in [0.15, 0.2) is 0 Å². The third-order valence-electron chi connectivity index (χ3n) is 2.62. The number of hydrogen-bond donors (Lipinski definition) is 3. The lowest BCUT2D eigenvalue weighted by atomic mass is 10.2. The van der Waals surface area contributed by atoms with Crippen molar-refractivity contribution in [3.8, 4) is 0 Å². The second kappa shape index (κ2) is 5.42. The Kier molecular flexibility index (Phi) is 3.67. The maximum Gasteiger partial charge on any atom is 0.350 e. The lowest BCUT2D eigenvalue weighted by Gasteiger charge is -2.04. The summed E-state index contributed by atoms with van der Waals surface area (Å²) in [5.41, 5.74) is -0.822. The van der Waals surface area contributed by atoms with Gasteiger partial charge in [0, 0.05) is 0 Å². The lowest BCUT2D eigenvalue weighted by Crippen LogP contribution is -2.33. The van der Waals surface area contributed by atoms with Gasteiger partial charge in [0.25, 0.3) is 5.91 Å². The number of hydrazine groups is 1. The zero-order valence-electron chi connectivity index (χ0n) is 10.4. The van der Waals surface area contributed by atoms with Crippen molar-refractivity contribution in [2.45, 2.75) is 6.54 Å². The third-order valence-corrected chi connectivity index (χ3v) is 2.62. The number of furan rings is 1. The van der Waals surface area contributed by atoms with E-state index in [4.69, 9.17) is 10.3 Å². The Hall–Kier alpha value is -3.21. The molecule has 2 aromatic rings. The molecule has 0 bridgehead atoms. The molecule has 2 heterocycles. The molecule has 4 N–H and O–H groups in total. The van der Waals surface area contributed by atoms with Crippen LogP contribution in [0.15, 0.2) is 32.5 Å². The first-order chi connectivity index (χ1) is 9.93. The van der Waals surface area contributed by atoms with Crippen LogP contribution in [-0.2, 0) is 6.54 Å². The fourth-order valence-electron chi connectivity index (χ4n) is 1.64. The summed E-state index contributed by atoms with van der Waals surface area (Å²) in [6.45, 7) is -0.286. The average molecular weight is 295 g/mol. The number of nitrogens with one attached hydrogen (secondary N) is 2. The fraction of sp³-hybridized carbons (Fsp3) is 0.100. The van der Waals surface area contributed by atoms with Gasteiger partial charge in [-0.05, 0) is 6.07 Å². The number of hydrogen-bond acceptors (Lipinski definition) is 7. The Morgan fingerprint density at radius 2 is 2.24 bits per heavy atom. The summed E-state index contributed by atoms with van der Waals surface area (Å²) in [6.07, 6.45) is 1.97. The Balaban J connectivity index is 2.46. The van der Waals surface area contributed by atoms with Crippen molar-refractivity contribution >= 4 is 11.6 Å². The van der Waals surface area contributed by atoms with Crippen LogP contribution in [0.1, 0.15) is 16.1 Å². The summed E-state index contributed by atoms with van der Waals surface area (Å²) in [4.78, 5) is 45.9. The first-order valence-corrected chi connectivity index (χ1v) is 5.49. The van der Waals surface area contributed by atoms with Crippen LogP contribution in [0.4, 0.5) is 5.69 Å². The predicted molar refractivity (Wildman–Crippen MR) is 67.4 cm³/mol. The zero-order valence-corrected chi connectivity index (χ0v) is 10.4. The topological polar surface area (TPSA) is 166 Å². The summed E-state index contributed by atoms with van der Waals surface area (Å²) in [7, 11) is 0. The molecule has 0 radical (unpaired) electrons. The molecule has 0 atom stereocenters. The van der Waals surface area contributed by atoms with E-state index in [1.807, 2.05) is 10.4 Å². The number of nitrogens with two attached hydrogens (primary N) is 1. The van der Waals surface area contributed by atoms with Gasteiger partial charge < -0.3 is 4.42 Å². The number of aromatic nitrogens is 2. The second-order valence-corrected chi connectivity index (χ2v) is 3.89. The van der Waals surface area contributed by atoms with Crippen LogP contribution in [0.5, 0.6) is 0 Å². The molecular formula is C10H9N5O6. The SMILES string of the molecule is NNC(=O)c1ccoc1Cn1cc([N+](=O)[O-])c(=O)[nH]c1=O. The maximum absolute atomic E-state index is 11.6.